The van der Waals surface area contributed by atoms with E-state index in [1.807, 2.05) is 0 Å². The maximum atomic E-state index is 2.44. The molecule has 1 rings (SSSR count). The van der Waals surface area contributed by atoms with E-state index in [0.717, 1.165) is 0 Å². The Bertz CT molecular complexity index is 152. The summed E-state index contributed by atoms with van der Waals surface area (Å²) in [6, 6.07) is 0. The summed E-state index contributed by atoms with van der Waals surface area (Å²) >= 11 is 2.44. The third kappa shape index (κ3) is 0.966. The highest BCUT2D eigenvalue weighted by Gasteiger charge is 2.20. The lowest BCUT2D eigenvalue weighted by atomic mass is 10.1. The Morgan fingerprint density at radius 1 is 1.62 bits per heavy atom. The Hall–Kier alpha value is 0.210. The molecule has 0 fully saturated rings. The topological polar surface area (TPSA) is 0 Å². The van der Waals surface area contributed by atoms with Crippen LogP contribution in [-0.2, 0) is 0 Å². The van der Waals surface area contributed by atoms with E-state index < -0.39 is 0 Å². The van der Waals surface area contributed by atoms with Gasteiger partial charge in [-0.1, -0.05) is 46.4 Å². The third-order valence-corrected chi connectivity index (χ3v) is 2.74. The molecule has 0 saturated carbocycles. The van der Waals surface area contributed by atoms with Gasteiger partial charge in [-0.05, 0) is 13.8 Å². The van der Waals surface area contributed by atoms with Crippen LogP contribution in [0.5, 0.6) is 0 Å². The first kappa shape index (κ1) is 6.33. The van der Waals surface area contributed by atoms with Gasteiger partial charge in [0.15, 0.2) is 0 Å². The van der Waals surface area contributed by atoms with Gasteiger partial charge < -0.3 is 0 Å². The predicted octanol–water partition coefficient (Wildman–Crippen LogP) is 2.70. The molecule has 0 radical (unpaired) electrons. The van der Waals surface area contributed by atoms with Crippen LogP contribution in [0.15, 0.2) is 23.8 Å². The number of alkyl halides is 1. The number of hydrogen-bond donors (Lipinski definition) is 0. The van der Waals surface area contributed by atoms with Crippen molar-refractivity contribution >= 4 is 22.6 Å². The molecule has 0 amide bonds. The van der Waals surface area contributed by atoms with Gasteiger partial charge >= 0.3 is 0 Å². The first-order valence-electron chi connectivity index (χ1n) is 2.68. The molecule has 1 aliphatic carbocycles. The van der Waals surface area contributed by atoms with Crippen molar-refractivity contribution in [2.45, 2.75) is 17.3 Å². The van der Waals surface area contributed by atoms with Gasteiger partial charge in [0, 0.05) is 0 Å². The molecule has 0 heterocycles. The van der Waals surface area contributed by atoms with Gasteiger partial charge in [-0.25, -0.2) is 0 Å². The molecule has 1 heteroatoms. The molecule has 0 spiro atoms. The van der Waals surface area contributed by atoms with E-state index in [1.54, 1.807) is 0 Å². The number of rotatable bonds is 0. The molecule has 0 aromatic heterocycles. The van der Waals surface area contributed by atoms with Crippen LogP contribution in [0.1, 0.15) is 13.8 Å². The lowest BCUT2D eigenvalue weighted by Crippen LogP contribution is -2.08. The lowest BCUT2D eigenvalue weighted by Gasteiger charge is -2.13. The fraction of sp³-hybridized carbons (Fsp3) is 0.429. The monoisotopic (exact) mass is 220 g/mol. The SMILES string of the molecule is CC1=CC=CC1(C)I. The maximum Gasteiger partial charge on any atom is 0.0584 e. The summed E-state index contributed by atoms with van der Waals surface area (Å²) in [7, 11) is 0. The smallest absolute Gasteiger partial charge is 0.0584 e. The van der Waals surface area contributed by atoms with Crippen LogP contribution in [0.3, 0.4) is 0 Å². The summed E-state index contributed by atoms with van der Waals surface area (Å²) in [5.41, 5.74) is 1.44. The second-order valence-electron chi connectivity index (χ2n) is 2.28. The second-order valence-corrected chi connectivity index (χ2v) is 4.53. The third-order valence-electron chi connectivity index (χ3n) is 1.53. The summed E-state index contributed by atoms with van der Waals surface area (Å²) in [4.78, 5) is 0. The number of hydrogen-bond acceptors (Lipinski definition) is 0. The van der Waals surface area contributed by atoms with Crippen LogP contribution >= 0.6 is 22.6 Å². The zero-order valence-corrected chi connectivity index (χ0v) is 7.27. The lowest BCUT2D eigenvalue weighted by molar-refractivity contribution is 0.991. The van der Waals surface area contributed by atoms with Crippen molar-refractivity contribution < 1.29 is 0 Å². The summed E-state index contributed by atoms with van der Waals surface area (Å²) in [5, 5.41) is 0. The quantitative estimate of drug-likeness (QED) is 0.435. The fourth-order valence-corrected chi connectivity index (χ4v) is 1.05. The molecule has 1 atom stereocenters. The molecule has 0 aromatic carbocycles. The van der Waals surface area contributed by atoms with Crippen molar-refractivity contribution in [3.63, 3.8) is 0 Å². The summed E-state index contributed by atoms with van der Waals surface area (Å²) in [6.45, 7) is 4.37. The van der Waals surface area contributed by atoms with Gasteiger partial charge in [0.1, 0.15) is 0 Å². The highest BCUT2D eigenvalue weighted by Crippen LogP contribution is 2.32. The van der Waals surface area contributed by atoms with Gasteiger partial charge in [0.2, 0.25) is 0 Å². The average molecular weight is 220 g/mol. The highest BCUT2D eigenvalue weighted by atomic mass is 127. The summed E-state index contributed by atoms with van der Waals surface area (Å²) in [6.07, 6.45) is 6.48. The summed E-state index contributed by atoms with van der Waals surface area (Å²) in [5.74, 6) is 0. The fourth-order valence-electron chi connectivity index (χ4n) is 0.668. The Labute approximate surface area is 63.8 Å². The van der Waals surface area contributed by atoms with E-state index in [9.17, 15) is 0 Å². The van der Waals surface area contributed by atoms with Crippen molar-refractivity contribution in [3.8, 4) is 0 Å². The zero-order chi connectivity index (χ0) is 6.20. The van der Waals surface area contributed by atoms with E-state index in [0.29, 0.717) is 3.42 Å². The largest absolute Gasteiger partial charge is 0.0697 e. The van der Waals surface area contributed by atoms with Gasteiger partial charge in [0.25, 0.3) is 0 Å². The van der Waals surface area contributed by atoms with Crippen LogP contribution in [0.4, 0.5) is 0 Å². The van der Waals surface area contributed by atoms with E-state index in [1.165, 1.54) is 5.57 Å². The zero-order valence-electron chi connectivity index (χ0n) is 5.11. The average Bonchev–Trinajstić information content (AvgIpc) is 1.86. The Morgan fingerprint density at radius 2 is 2.25 bits per heavy atom. The molecule has 1 unspecified atom stereocenters. The van der Waals surface area contributed by atoms with Gasteiger partial charge in [-0.15, -0.1) is 0 Å². The predicted molar refractivity (Wildman–Crippen MR) is 45.3 cm³/mol. The second kappa shape index (κ2) is 1.87. The van der Waals surface area contributed by atoms with Crippen molar-refractivity contribution in [1.82, 2.24) is 0 Å². The normalized spacial score (nSPS) is 35.6. The Kier molecular flexibility index (Phi) is 1.48. The molecule has 0 aliphatic heterocycles. The minimum absolute atomic E-state index is 0.303. The molecule has 0 nitrogen and oxygen atoms in total. The number of halogens is 1. The van der Waals surface area contributed by atoms with E-state index in [4.69, 9.17) is 0 Å². The van der Waals surface area contributed by atoms with Crippen LogP contribution in [0.25, 0.3) is 0 Å². The van der Waals surface area contributed by atoms with Crippen LogP contribution in [0.2, 0.25) is 0 Å². The summed E-state index contributed by atoms with van der Waals surface area (Å²) < 4.78 is 0.303. The van der Waals surface area contributed by atoms with Gasteiger partial charge in [-0.2, -0.15) is 0 Å². The highest BCUT2D eigenvalue weighted by molar-refractivity contribution is 14.1. The molecule has 0 aromatic rings. The Balaban J connectivity index is 2.87. The first-order valence-corrected chi connectivity index (χ1v) is 3.76. The van der Waals surface area contributed by atoms with Crippen LogP contribution in [-0.4, -0.2) is 3.42 Å². The van der Waals surface area contributed by atoms with Crippen molar-refractivity contribution in [3.05, 3.63) is 23.8 Å². The van der Waals surface area contributed by atoms with Gasteiger partial charge in [-0.3, -0.25) is 0 Å². The van der Waals surface area contributed by atoms with E-state index >= 15 is 0 Å². The molecule has 1 aliphatic rings. The van der Waals surface area contributed by atoms with E-state index in [-0.39, 0.29) is 0 Å². The molecular formula is C7H9I. The van der Waals surface area contributed by atoms with Crippen molar-refractivity contribution in [1.29, 1.82) is 0 Å². The molecule has 44 valence electrons. The Morgan fingerprint density at radius 3 is 2.38 bits per heavy atom. The van der Waals surface area contributed by atoms with Crippen LogP contribution < -0.4 is 0 Å². The van der Waals surface area contributed by atoms with Crippen LogP contribution in [0, 0.1) is 0 Å². The maximum absolute atomic E-state index is 2.44. The van der Waals surface area contributed by atoms with Crippen molar-refractivity contribution in [2.75, 3.05) is 0 Å². The molecule has 0 N–H and O–H groups in total. The molecule has 0 saturated heterocycles. The molecular weight excluding hydrogens is 211 g/mol. The van der Waals surface area contributed by atoms with Crippen molar-refractivity contribution in [2.24, 2.45) is 0 Å². The number of allylic oxidation sites excluding steroid dienone is 4. The molecule has 8 heavy (non-hydrogen) atoms. The van der Waals surface area contributed by atoms with Gasteiger partial charge in [0.05, 0.1) is 3.42 Å². The molecule has 0 bridgehead atoms. The first-order chi connectivity index (χ1) is 3.63. The minimum Gasteiger partial charge on any atom is -0.0697 e. The standard InChI is InChI=1S/C7H9I/c1-6-4-3-5-7(6,2)8/h3-5H,1-2H3. The van der Waals surface area contributed by atoms with E-state index in [2.05, 4.69) is 54.7 Å². The minimum atomic E-state index is 0.303.